The van der Waals surface area contributed by atoms with Crippen LogP contribution in [0.2, 0.25) is 0 Å². The monoisotopic (exact) mass is 338 g/mol. The highest BCUT2D eigenvalue weighted by molar-refractivity contribution is 5.76. The van der Waals surface area contributed by atoms with Crippen LogP contribution in [0.1, 0.15) is 20.3 Å². The van der Waals surface area contributed by atoms with Gasteiger partial charge in [-0.3, -0.25) is 4.79 Å². The van der Waals surface area contributed by atoms with E-state index in [4.69, 9.17) is 4.74 Å². The molecule has 5 saturated carbocycles. The first kappa shape index (κ1) is 14.2. The summed E-state index contributed by atoms with van der Waals surface area (Å²) in [4.78, 5) is 11.3. The van der Waals surface area contributed by atoms with Gasteiger partial charge in [0.25, 0.3) is 0 Å². The molecular formula is C15H12F6O2. The van der Waals surface area contributed by atoms with Gasteiger partial charge < -0.3 is 4.74 Å². The Morgan fingerprint density at radius 2 is 1.78 bits per heavy atom. The number of carbonyl (C=O) groups is 1. The summed E-state index contributed by atoms with van der Waals surface area (Å²) in [5.74, 6) is -4.37. The van der Waals surface area contributed by atoms with Crippen molar-refractivity contribution in [2.24, 2.45) is 34.5 Å². The van der Waals surface area contributed by atoms with Crippen LogP contribution in [0.25, 0.3) is 0 Å². The van der Waals surface area contributed by atoms with Crippen LogP contribution >= 0.6 is 0 Å². The van der Waals surface area contributed by atoms with Gasteiger partial charge in [-0.05, 0) is 42.6 Å². The zero-order chi connectivity index (χ0) is 17.0. The van der Waals surface area contributed by atoms with Crippen molar-refractivity contribution in [1.29, 1.82) is 0 Å². The Hall–Kier alpha value is -1.21. The van der Waals surface area contributed by atoms with Crippen molar-refractivity contribution in [2.45, 2.75) is 38.2 Å². The minimum atomic E-state index is -4.67. The number of esters is 1. The van der Waals surface area contributed by atoms with Crippen molar-refractivity contribution in [3.05, 3.63) is 11.1 Å². The SMILES string of the molecule is CC(=O)OC1(C)C2=C(C(F)(F)F)C3C4[C@H]5C[C@@H]3C21C45C(F)(F)F. The van der Waals surface area contributed by atoms with Gasteiger partial charge in [0.05, 0.1) is 10.8 Å². The maximum atomic E-state index is 13.9. The van der Waals surface area contributed by atoms with Crippen LogP contribution in [0.3, 0.4) is 0 Å². The maximum absolute atomic E-state index is 13.9. The maximum Gasteiger partial charge on any atom is 0.413 e. The highest BCUT2D eigenvalue weighted by Crippen LogP contribution is 3.05. The average Bonchev–Trinajstić information content (AvgIpc) is 2.87. The van der Waals surface area contributed by atoms with Gasteiger partial charge in [0, 0.05) is 12.5 Å². The fourth-order valence-corrected chi connectivity index (χ4v) is 7.40. The summed E-state index contributed by atoms with van der Waals surface area (Å²) in [6, 6.07) is 0. The largest absolute Gasteiger partial charge is 0.454 e. The molecule has 0 aromatic heterocycles. The number of halogens is 6. The summed E-state index contributed by atoms with van der Waals surface area (Å²) < 4.78 is 87.1. The minimum Gasteiger partial charge on any atom is -0.454 e. The third kappa shape index (κ3) is 0.974. The van der Waals surface area contributed by atoms with E-state index in [-0.39, 0.29) is 12.0 Å². The first-order valence-electron chi connectivity index (χ1n) is 7.47. The van der Waals surface area contributed by atoms with E-state index in [2.05, 4.69) is 0 Å². The van der Waals surface area contributed by atoms with E-state index in [0.717, 1.165) is 6.92 Å². The molecule has 1 spiro atoms. The standard InChI is InChI=1S/C15H12F6O2/c1-4(22)23-11(2)10-9(14(16,17)18)7-5-3-6-8(7)12(6,13(5,10)11)15(19,20)21/h5-8H,3H2,1-2H3/t5-,6+,7?,8?,11?,12?,13?/m0/s1. The van der Waals surface area contributed by atoms with Crippen LogP contribution in [0.15, 0.2) is 11.1 Å². The molecule has 8 heteroatoms. The second-order valence-corrected chi connectivity index (χ2v) is 7.59. The Balaban J connectivity index is 1.78. The van der Waals surface area contributed by atoms with Gasteiger partial charge in [-0.1, -0.05) is 0 Å². The van der Waals surface area contributed by atoms with Crippen LogP contribution < -0.4 is 0 Å². The second-order valence-electron chi connectivity index (χ2n) is 7.59. The van der Waals surface area contributed by atoms with Crippen LogP contribution in [-0.2, 0) is 9.53 Å². The van der Waals surface area contributed by atoms with Crippen LogP contribution in [0, 0.1) is 34.5 Å². The summed E-state index contributed by atoms with van der Waals surface area (Å²) >= 11 is 0. The summed E-state index contributed by atoms with van der Waals surface area (Å²) in [6.45, 7) is 2.25. The molecule has 0 aliphatic heterocycles. The summed E-state index contributed by atoms with van der Waals surface area (Å²) in [5, 5.41) is 0. The number of hydrogen-bond acceptors (Lipinski definition) is 2. The van der Waals surface area contributed by atoms with Crippen molar-refractivity contribution in [2.75, 3.05) is 0 Å². The predicted molar refractivity (Wildman–Crippen MR) is 62.8 cm³/mol. The van der Waals surface area contributed by atoms with Crippen molar-refractivity contribution in [3.63, 3.8) is 0 Å². The van der Waals surface area contributed by atoms with E-state index in [0.29, 0.717) is 0 Å². The summed E-state index contributed by atoms with van der Waals surface area (Å²) in [6.07, 6.45) is -9.10. The summed E-state index contributed by atoms with van der Waals surface area (Å²) in [7, 11) is 0. The first-order chi connectivity index (χ1) is 10.4. The Labute approximate surface area is 126 Å². The Bertz CT molecular complexity index is 720. The molecule has 0 radical (unpaired) electrons. The number of ether oxygens (including phenoxy) is 1. The van der Waals surface area contributed by atoms with Gasteiger partial charge in [0.2, 0.25) is 0 Å². The van der Waals surface area contributed by atoms with E-state index in [9.17, 15) is 31.1 Å². The molecular weight excluding hydrogens is 326 g/mol. The van der Waals surface area contributed by atoms with Crippen molar-refractivity contribution in [1.82, 2.24) is 0 Å². The quantitative estimate of drug-likeness (QED) is 0.415. The van der Waals surface area contributed by atoms with Gasteiger partial charge in [-0.25, -0.2) is 0 Å². The molecule has 6 aliphatic carbocycles. The zero-order valence-corrected chi connectivity index (χ0v) is 12.1. The predicted octanol–water partition coefficient (Wildman–Crippen LogP) is 3.63. The first-order valence-corrected chi connectivity index (χ1v) is 7.47. The van der Waals surface area contributed by atoms with Crippen LogP contribution in [-0.4, -0.2) is 23.9 Å². The average molecular weight is 338 g/mol. The molecule has 6 bridgehead atoms. The molecule has 5 unspecified atom stereocenters. The van der Waals surface area contributed by atoms with Crippen molar-refractivity contribution < 1.29 is 35.9 Å². The Morgan fingerprint density at radius 3 is 2.26 bits per heavy atom. The molecule has 0 saturated heterocycles. The third-order valence-corrected chi connectivity index (χ3v) is 7.26. The fourth-order valence-electron chi connectivity index (χ4n) is 7.40. The third-order valence-electron chi connectivity index (χ3n) is 7.26. The van der Waals surface area contributed by atoms with E-state index >= 15 is 0 Å². The lowest BCUT2D eigenvalue weighted by Gasteiger charge is -2.29. The van der Waals surface area contributed by atoms with Crippen molar-refractivity contribution in [3.8, 4) is 0 Å². The molecule has 6 aliphatic rings. The molecule has 6 rings (SSSR count). The molecule has 5 fully saturated rings. The van der Waals surface area contributed by atoms with Gasteiger partial charge in [0.1, 0.15) is 5.60 Å². The molecule has 7 atom stereocenters. The topological polar surface area (TPSA) is 26.3 Å². The minimum absolute atomic E-state index is 0.148. The van der Waals surface area contributed by atoms with Crippen molar-refractivity contribution >= 4 is 5.97 Å². The second kappa shape index (κ2) is 3.04. The molecule has 23 heavy (non-hydrogen) atoms. The molecule has 0 aromatic carbocycles. The van der Waals surface area contributed by atoms with Gasteiger partial charge in [-0.15, -0.1) is 0 Å². The van der Waals surface area contributed by atoms with E-state index < -0.39 is 64.0 Å². The molecule has 0 heterocycles. The van der Waals surface area contributed by atoms with Gasteiger partial charge in [-0.2, -0.15) is 26.3 Å². The smallest absolute Gasteiger partial charge is 0.413 e. The molecule has 126 valence electrons. The van der Waals surface area contributed by atoms with Gasteiger partial charge in [0.15, 0.2) is 0 Å². The van der Waals surface area contributed by atoms with E-state index in [1.54, 1.807) is 0 Å². The zero-order valence-electron chi connectivity index (χ0n) is 12.1. The molecule has 0 amide bonds. The number of alkyl halides is 6. The van der Waals surface area contributed by atoms with Gasteiger partial charge >= 0.3 is 18.3 Å². The number of rotatable bonds is 1. The molecule has 0 aromatic rings. The lowest BCUT2D eigenvalue weighted by molar-refractivity contribution is -0.216. The number of carbonyl (C=O) groups excluding carboxylic acids is 1. The Morgan fingerprint density at radius 1 is 1.17 bits per heavy atom. The molecule has 2 nitrogen and oxygen atoms in total. The normalized spacial score (nSPS) is 54.4. The fraction of sp³-hybridized carbons (Fsp3) is 0.800. The summed E-state index contributed by atoms with van der Waals surface area (Å²) in [5.41, 5.74) is -6.67. The highest BCUT2D eigenvalue weighted by atomic mass is 19.4. The van der Waals surface area contributed by atoms with Crippen LogP contribution in [0.5, 0.6) is 0 Å². The number of allylic oxidation sites excluding steroid dienone is 1. The van der Waals surface area contributed by atoms with Crippen LogP contribution in [0.4, 0.5) is 26.3 Å². The molecule has 0 N–H and O–H groups in total. The lowest BCUT2D eigenvalue weighted by atomic mass is 9.81. The van der Waals surface area contributed by atoms with E-state index in [1.807, 2.05) is 0 Å². The van der Waals surface area contributed by atoms with E-state index in [1.165, 1.54) is 6.92 Å². The Kier molecular flexibility index (Phi) is 1.87. The lowest BCUT2D eigenvalue weighted by Crippen LogP contribution is -2.39. The highest BCUT2D eigenvalue weighted by Gasteiger charge is 3.09. The number of hydrogen-bond donors (Lipinski definition) is 0.